The summed E-state index contributed by atoms with van der Waals surface area (Å²) in [5.41, 5.74) is 2.42. The highest BCUT2D eigenvalue weighted by molar-refractivity contribution is 6.04. The van der Waals surface area contributed by atoms with Crippen LogP contribution in [0.2, 0.25) is 0 Å². The van der Waals surface area contributed by atoms with Gasteiger partial charge >= 0.3 is 0 Å². The van der Waals surface area contributed by atoms with Gasteiger partial charge in [-0.3, -0.25) is 14.9 Å². The van der Waals surface area contributed by atoms with Crippen molar-refractivity contribution in [3.63, 3.8) is 0 Å². The number of hydrogen-bond donors (Lipinski definition) is 1. The van der Waals surface area contributed by atoms with Crippen LogP contribution < -0.4 is 5.32 Å². The van der Waals surface area contributed by atoms with Gasteiger partial charge in [0.15, 0.2) is 5.82 Å². The zero-order chi connectivity index (χ0) is 20.4. The minimum Gasteiger partial charge on any atom is -0.322 e. The third kappa shape index (κ3) is 3.87. The minimum atomic E-state index is -0.457. The molecule has 1 N–H and O–H groups in total. The van der Waals surface area contributed by atoms with Crippen molar-refractivity contribution in [2.75, 3.05) is 5.32 Å². The molecular weight excluding hydrogens is 370 g/mol. The van der Waals surface area contributed by atoms with Gasteiger partial charge in [0.25, 0.3) is 11.6 Å². The van der Waals surface area contributed by atoms with E-state index < -0.39 is 4.92 Å². The number of rotatable bonds is 4. The summed E-state index contributed by atoms with van der Waals surface area (Å²) in [7, 11) is 0. The number of carbonyl (C=O) groups excluding carboxylic acids is 1. The van der Waals surface area contributed by atoms with E-state index in [1.165, 1.54) is 24.6 Å². The molecule has 0 aliphatic carbocycles. The van der Waals surface area contributed by atoms with Gasteiger partial charge in [-0.25, -0.2) is 0 Å². The Morgan fingerprint density at radius 2 is 1.90 bits per heavy atom. The minimum absolute atomic E-state index is 0.00153. The van der Waals surface area contributed by atoms with E-state index in [1.54, 1.807) is 6.92 Å². The molecule has 0 saturated heterocycles. The number of hydrogen-bond acceptors (Lipinski definition) is 5. The van der Waals surface area contributed by atoms with E-state index in [0.717, 1.165) is 43.0 Å². The molecule has 1 aromatic heterocycles. The van der Waals surface area contributed by atoms with Crippen LogP contribution >= 0.6 is 0 Å². The van der Waals surface area contributed by atoms with Crippen LogP contribution in [0.25, 0.3) is 11.4 Å². The van der Waals surface area contributed by atoms with Gasteiger partial charge in [-0.05, 0) is 56.2 Å². The Hall–Kier alpha value is -3.55. The lowest BCUT2D eigenvalue weighted by Crippen LogP contribution is -2.12. The molecule has 148 valence electrons. The van der Waals surface area contributed by atoms with E-state index in [1.807, 2.05) is 24.3 Å². The lowest BCUT2D eigenvalue weighted by molar-refractivity contribution is -0.385. The third-order valence-corrected chi connectivity index (χ3v) is 5.17. The van der Waals surface area contributed by atoms with Crippen LogP contribution in [-0.4, -0.2) is 25.6 Å². The molecule has 29 heavy (non-hydrogen) atoms. The average molecular weight is 391 g/mol. The first-order chi connectivity index (χ1) is 14.0. The van der Waals surface area contributed by atoms with E-state index in [4.69, 9.17) is 0 Å². The summed E-state index contributed by atoms with van der Waals surface area (Å²) in [5.74, 6) is 1.57. The topological polar surface area (TPSA) is 103 Å². The van der Waals surface area contributed by atoms with Crippen LogP contribution in [0.1, 0.15) is 41.0 Å². The number of aryl methyl sites for hydroxylation is 2. The molecule has 8 heteroatoms. The fraction of sp³-hybridized carbons (Fsp3) is 0.286. The maximum absolute atomic E-state index is 12.5. The number of nitro groups is 1. The number of anilines is 1. The highest BCUT2D eigenvalue weighted by Crippen LogP contribution is 2.24. The van der Waals surface area contributed by atoms with E-state index in [-0.39, 0.29) is 11.6 Å². The standard InChI is InChI=1S/C21H21N5O3/c1-14-13-16(8-11-18(14)26(28)29)21(27)22-17-9-6-15(7-10-17)20-24-23-19-5-3-2-4-12-25(19)20/h6-11,13H,2-5,12H2,1H3,(H,22,27). The second-order valence-electron chi connectivity index (χ2n) is 7.19. The van der Waals surface area contributed by atoms with Gasteiger partial charge in [0, 0.05) is 41.4 Å². The van der Waals surface area contributed by atoms with Crippen molar-refractivity contribution in [1.82, 2.24) is 14.8 Å². The van der Waals surface area contributed by atoms with E-state index in [2.05, 4.69) is 20.1 Å². The lowest BCUT2D eigenvalue weighted by Gasteiger charge is -2.09. The normalized spacial score (nSPS) is 13.4. The molecule has 0 atom stereocenters. The summed E-state index contributed by atoms with van der Waals surface area (Å²) in [6.07, 6.45) is 4.43. The molecule has 0 radical (unpaired) electrons. The number of nitrogens with one attached hydrogen (secondary N) is 1. The van der Waals surface area contributed by atoms with Crippen LogP contribution in [0.3, 0.4) is 0 Å². The van der Waals surface area contributed by atoms with Crippen molar-refractivity contribution in [3.05, 3.63) is 69.5 Å². The summed E-state index contributed by atoms with van der Waals surface area (Å²) in [6.45, 7) is 2.54. The Morgan fingerprint density at radius 1 is 1.10 bits per heavy atom. The fourth-order valence-electron chi connectivity index (χ4n) is 3.61. The highest BCUT2D eigenvalue weighted by Gasteiger charge is 2.17. The largest absolute Gasteiger partial charge is 0.322 e. The Morgan fingerprint density at radius 3 is 2.62 bits per heavy atom. The smallest absolute Gasteiger partial charge is 0.272 e. The van der Waals surface area contributed by atoms with Gasteiger partial charge in [0.05, 0.1) is 4.92 Å². The molecule has 8 nitrogen and oxygen atoms in total. The summed E-state index contributed by atoms with van der Waals surface area (Å²) in [4.78, 5) is 23.0. The lowest BCUT2D eigenvalue weighted by atomic mass is 10.1. The molecule has 0 fully saturated rings. The number of nitrogens with zero attached hydrogens (tertiary/aromatic N) is 4. The first kappa shape index (κ1) is 18.8. The second kappa shape index (κ2) is 7.83. The molecule has 2 heterocycles. The van der Waals surface area contributed by atoms with Crippen molar-refractivity contribution in [2.24, 2.45) is 0 Å². The zero-order valence-corrected chi connectivity index (χ0v) is 16.1. The second-order valence-corrected chi connectivity index (χ2v) is 7.19. The average Bonchev–Trinajstić information content (AvgIpc) is 2.96. The summed E-state index contributed by atoms with van der Waals surface area (Å²) >= 11 is 0. The van der Waals surface area contributed by atoms with E-state index in [0.29, 0.717) is 16.8 Å². The summed E-state index contributed by atoms with van der Waals surface area (Å²) in [5, 5.41) is 22.4. The first-order valence-electron chi connectivity index (χ1n) is 9.62. The number of benzene rings is 2. The van der Waals surface area contributed by atoms with Crippen molar-refractivity contribution >= 4 is 17.3 Å². The Labute approximate surface area is 167 Å². The van der Waals surface area contributed by atoms with Crippen molar-refractivity contribution < 1.29 is 9.72 Å². The number of carbonyl (C=O) groups is 1. The SMILES string of the molecule is Cc1cc(C(=O)Nc2ccc(-c3nnc4n3CCCCC4)cc2)ccc1[N+](=O)[O-]. The van der Waals surface area contributed by atoms with Gasteiger partial charge < -0.3 is 9.88 Å². The predicted molar refractivity (Wildman–Crippen MR) is 109 cm³/mol. The quantitative estimate of drug-likeness (QED) is 0.532. The number of fused-ring (bicyclic) bond motifs is 1. The van der Waals surface area contributed by atoms with Crippen molar-refractivity contribution in [1.29, 1.82) is 0 Å². The first-order valence-corrected chi connectivity index (χ1v) is 9.62. The molecule has 2 aromatic carbocycles. The van der Waals surface area contributed by atoms with Crippen molar-refractivity contribution in [3.8, 4) is 11.4 Å². The van der Waals surface area contributed by atoms with Gasteiger partial charge in [-0.15, -0.1) is 10.2 Å². The summed E-state index contributed by atoms with van der Waals surface area (Å²) in [6, 6.07) is 11.8. The molecule has 4 rings (SSSR count). The summed E-state index contributed by atoms with van der Waals surface area (Å²) < 4.78 is 2.18. The van der Waals surface area contributed by atoms with Gasteiger partial charge in [0.1, 0.15) is 5.82 Å². The molecule has 3 aromatic rings. The van der Waals surface area contributed by atoms with Crippen LogP contribution in [0.4, 0.5) is 11.4 Å². The van der Waals surface area contributed by atoms with Crippen molar-refractivity contribution in [2.45, 2.75) is 39.2 Å². The van der Waals surface area contributed by atoms with Gasteiger partial charge in [-0.1, -0.05) is 6.42 Å². The Kier molecular flexibility index (Phi) is 5.07. The number of amides is 1. The Bertz CT molecular complexity index is 1070. The van der Waals surface area contributed by atoms with Crippen LogP contribution in [0.15, 0.2) is 42.5 Å². The molecule has 0 unspecified atom stereocenters. The van der Waals surface area contributed by atoms with Gasteiger partial charge in [-0.2, -0.15) is 0 Å². The maximum atomic E-state index is 12.5. The molecule has 1 amide bonds. The molecular formula is C21H21N5O3. The highest BCUT2D eigenvalue weighted by atomic mass is 16.6. The third-order valence-electron chi connectivity index (χ3n) is 5.17. The van der Waals surface area contributed by atoms with Gasteiger partial charge in [0.2, 0.25) is 0 Å². The number of aromatic nitrogens is 3. The molecule has 0 saturated carbocycles. The van der Waals surface area contributed by atoms with Crippen LogP contribution in [0, 0.1) is 17.0 Å². The molecule has 0 bridgehead atoms. The Balaban J connectivity index is 1.50. The van der Waals surface area contributed by atoms with Crippen LogP contribution in [0.5, 0.6) is 0 Å². The molecule has 1 aliphatic rings. The molecule has 0 spiro atoms. The fourth-order valence-corrected chi connectivity index (χ4v) is 3.61. The zero-order valence-electron chi connectivity index (χ0n) is 16.1. The van der Waals surface area contributed by atoms with E-state index in [9.17, 15) is 14.9 Å². The maximum Gasteiger partial charge on any atom is 0.272 e. The monoisotopic (exact) mass is 391 g/mol. The predicted octanol–water partition coefficient (Wildman–Crippen LogP) is 4.14. The van der Waals surface area contributed by atoms with E-state index >= 15 is 0 Å². The number of nitro benzene ring substituents is 1. The molecule has 1 aliphatic heterocycles. The van der Waals surface area contributed by atoms with Crippen LogP contribution in [-0.2, 0) is 13.0 Å².